The van der Waals surface area contributed by atoms with E-state index in [9.17, 15) is 4.57 Å². The van der Waals surface area contributed by atoms with Crippen molar-refractivity contribution in [2.75, 3.05) is 6.61 Å². The zero-order valence-corrected chi connectivity index (χ0v) is 8.87. The average molecular weight is 212 g/mol. The van der Waals surface area contributed by atoms with Crippen LogP contribution in [0.15, 0.2) is 0 Å². The van der Waals surface area contributed by atoms with Crippen molar-refractivity contribution >= 4 is 7.82 Å². The average Bonchev–Trinajstić information content (AvgIpc) is 2.00. The lowest BCUT2D eigenvalue weighted by Crippen LogP contribution is -2.10. The van der Waals surface area contributed by atoms with E-state index in [1.165, 1.54) is 0 Å². The van der Waals surface area contributed by atoms with Crippen LogP contribution in [0, 0.1) is 0 Å². The molecule has 0 amide bonds. The van der Waals surface area contributed by atoms with E-state index >= 15 is 0 Å². The molecule has 0 saturated carbocycles. The topological polar surface area (TPSA) is 76.0 Å². The van der Waals surface area contributed by atoms with Gasteiger partial charge < -0.3 is 10.00 Å². The Balaban J connectivity index is 3.79. The largest absolute Gasteiger partial charge is 0.474 e. The van der Waals surface area contributed by atoms with Crippen LogP contribution in [-0.2, 0) is 13.6 Å². The molecule has 2 atom stereocenters. The van der Waals surface area contributed by atoms with Crippen molar-refractivity contribution in [1.82, 2.24) is 0 Å². The molecular formula is C7H17O5P. The fraction of sp³-hybridized carbons (Fsp3) is 1.00. The summed E-state index contributed by atoms with van der Waals surface area (Å²) in [7, 11) is -4.04. The summed E-state index contributed by atoms with van der Waals surface area (Å²) in [6.07, 6.45) is 0.393. The minimum absolute atomic E-state index is 0.145. The highest BCUT2D eigenvalue weighted by molar-refractivity contribution is 7.47. The van der Waals surface area contributed by atoms with Crippen LogP contribution in [0.1, 0.15) is 33.1 Å². The highest BCUT2D eigenvalue weighted by Crippen LogP contribution is 2.44. The van der Waals surface area contributed by atoms with E-state index in [1.807, 2.05) is 13.8 Å². The molecule has 6 heteroatoms. The molecule has 5 nitrogen and oxygen atoms in total. The van der Waals surface area contributed by atoms with Gasteiger partial charge in [-0.25, -0.2) is 4.57 Å². The van der Waals surface area contributed by atoms with E-state index in [1.54, 1.807) is 0 Å². The Kier molecular flexibility index (Phi) is 6.55. The monoisotopic (exact) mass is 212 g/mol. The molecule has 0 rings (SSSR count). The fourth-order valence-corrected chi connectivity index (χ4v) is 1.58. The number of aliphatic hydroxyl groups is 1. The predicted octanol–water partition coefficient (Wildman–Crippen LogP) is 1.65. The molecule has 2 unspecified atom stereocenters. The Morgan fingerprint density at radius 2 is 2.00 bits per heavy atom. The van der Waals surface area contributed by atoms with Crippen molar-refractivity contribution in [1.29, 1.82) is 0 Å². The van der Waals surface area contributed by atoms with Gasteiger partial charge in [-0.1, -0.05) is 20.3 Å². The van der Waals surface area contributed by atoms with Crippen LogP contribution in [0.4, 0.5) is 0 Å². The third-order valence-corrected chi connectivity index (χ3v) is 2.27. The Morgan fingerprint density at radius 3 is 2.46 bits per heavy atom. The predicted molar refractivity (Wildman–Crippen MR) is 48.1 cm³/mol. The molecule has 0 radical (unpaired) electrons. The Hall–Kier alpha value is 0.0700. The molecule has 0 aliphatic carbocycles. The van der Waals surface area contributed by atoms with Crippen molar-refractivity contribution in [3.63, 3.8) is 0 Å². The van der Waals surface area contributed by atoms with Crippen molar-refractivity contribution < 1.29 is 23.6 Å². The van der Waals surface area contributed by atoms with E-state index in [0.717, 1.165) is 0 Å². The first-order valence-corrected chi connectivity index (χ1v) is 5.85. The van der Waals surface area contributed by atoms with E-state index in [4.69, 9.17) is 10.00 Å². The lowest BCUT2D eigenvalue weighted by molar-refractivity contribution is -0.0471. The number of hydrogen-bond acceptors (Lipinski definition) is 4. The SMILES string of the molecule is CCCOP(=O)(O)OC(O)CCC. The molecule has 0 aromatic carbocycles. The van der Waals surface area contributed by atoms with Crippen LogP contribution in [0.5, 0.6) is 0 Å². The quantitative estimate of drug-likeness (QED) is 0.495. The van der Waals surface area contributed by atoms with Crippen LogP contribution in [0.2, 0.25) is 0 Å². The molecule has 0 aromatic rings. The van der Waals surface area contributed by atoms with Gasteiger partial charge in [0.25, 0.3) is 0 Å². The second-order valence-electron chi connectivity index (χ2n) is 2.65. The van der Waals surface area contributed by atoms with Gasteiger partial charge >= 0.3 is 7.82 Å². The summed E-state index contributed by atoms with van der Waals surface area (Å²) in [6.45, 7) is 3.79. The Morgan fingerprint density at radius 1 is 1.38 bits per heavy atom. The molecule has 13 heavy (non-hydrogen) atoms. The van der Waals surface area contributed by atoms with Crippen LogP contribution in [-0.4, -0.2) is 22.9 Å². The fourth-order valence-electron chi connectivity index (χ4n) is 0.690. The maximum atomic E-state index is 11.0. The molecule has 0 fully saturated rings. The summed E-state index contributed by atoms with van der Waals surface area (Å²) >= 11 is 0. The molecule has 0 aromatic heterocycles. The highest BCUT2D eigenvalue weighted by Gasteiger charge is 2.24. The zero-order valence-electron chi connectivity index (χ0n) is 7.97. The number of phosphoric acid groups is 1. The van der Waals surface area contributed by atoms with Gasteiger partial charge in [0.15, 0.2) is 6.29 Å². The molecule has 0 aliphatic rings. The highest BCUT2D eigenvalue weighted by atomic mass is 31.2. The minimum atomic E-state index is -4.04. The first-order chi connectivity index (χ1) is 6.02. The van der Waals surface area contributed by atoms with Gasteiger partial charge in [-0.05, 0) is 12.8 Å². The summed E-state index contributed by atoms with van der Waals surface area (Å²) in [5.74, 6) is 0. The van der Waals surface area contributed by atoms with Crippen LogP contribution in [0.3, 0.4) is 0 Å². The van der Waals surface area contributed by atoms with Crippen LogP contribution in [0.25, 0.3) is 0 Å². The van der Waals surface area contributed by atoms with E-state index < -0.39 is 14.1 Å². The first-order valence-electron chi connectivity index (χ1n) is 4.35. The summed E-state index contributed by atoms with van der Waals surface area (Å²) in [5.41, 5.74) is 0. The lowest BCUT2D eigenvalue weighted by atomic mass is 10.3. The molecule has 0 heterocycles. The van der Waals surface area contributed by atoms with Gasteiger partial charge in [0, 0.05) is 0 Å². The molecule has 0 spiro atoms. The van der Waals surface area contributed by atoms with Crippen molar-refractivity contribution in [2.45, 2.75) is 39.4 Å². The minimum Gasteiger partial charge on any atom is -0.367 e. The third-order valence-electron chi connectivity index (χ3n) is 1.25. The van der Waals surface area contributed by atoms with Gasteiger partial charge in [-0.2, -0.15) is 0 Å². The van der Waals surface area contributed by atoms with Gasteiger partial charge in [0.05, 0.1) is 6.61 Å². The number of hydrogen-bond donors (Lipinski definition) is 2. The van der Waals surface area contributed by atoms with E-state index in [0.29, 0.717) is 19.3 Å². The summed E-state index contributed by atoms with van der Waals surface area (Å²) in [4.78, 5) is 8.99. The molecule has 80 valence electrons. The van der Waals surface area contributed by atoms with Crippen LogP contribution >= 0.6 is 7.82 Å². The second kappa shape index (κ2) is 6.51. The van der Waals surface area contributed by atoms with Crippen molar-refractivity contribution in [3.05, 3.63) is 0 Å². The van der Waals surface area contributed by atoms with E-state index in [-0.39, 0.29) is 6.61 Å². The van der Waals surface area contributed by atoms with Gasteiger partial charge in [-0.15, -0.1) is 0 Å². The van der Waals surface area contributed by atoms with Gasteiger partial charge in [0.2, 0.25) is 0 Å². The summed E-state index contributed by atoms with van der Waals surface area (Å²) in [6, 6.07) is 0. The van der Waals surface area contributed by atoms with Gasteiger partial charge in [-0.3, -0.25) is 9.05 Å². The summed E-state index contributed by atoms with van der Waals surface area (Å²) in [5, 5.41) is 9.05. The molecule has 0 bridgehead atoms. The maximum Gasteiger partial charge on any atom is 0.474 e. The van der Waals surface area contributed by atoms with Crippen LogP contribution < -0.4 is 0 Å². The number of rotatable bonds is 7. The first kappa shape index (κ1) is 13.1. The standard InChI is InChI=1S/C7H17O5P/c1-3-5-7(8)12-13(9,10)11-6-4-2/h7-8H,3-6H2,1-2H3,(H,9,10). The molecule has 0 aliphatic heterocycles. The zero-order chi connectivity index (χ0) is 10.3. The molecule has 0 saturated heterocycles. The van der Waals surface area contributed by atoms with Crippen molar-refractivity contribution in [2.24, 2.45) is 0 Å². The normalized spacial score (nSPS) is 18.2. The number of phosphoric ester groups is 1. The Labute approximate surface area is 78.3 Å². The van der Waals surface area contributed by atoms with Crippen molar-refractivity contribution in [3.8, 4) is 0 Å². The Bertz CT molecular complexity index is 172. The summed E-state index contributed by atoms with van der Waals surface area (Å²) < 4.78 is 20.0. The number of aliphatic hydroxyl groups excluding tert-OH is 1. The van der Waals surface area contributed by atoms with Gasteiger partial charge in [0.1, 0.15) is 0 Å². The maximum absolute atomic E-state index is 11.0. The smallest absolute Gasteiger partial charge is 0.367 e. The third kappa shape index (κ3) is 7.16. The second-order valence-corrected chi connectivity index (χ2v) is 4.06. The lowest BCUT2D eigenvalue weighted by Gasteiger charge is -2.15. The molecule has 2 N–H and O–H groups in total. The van der Waals surface area contributed by atoms with E-state index in [2.05, 4.69) is 9.05 Å². The molecular weight excluding hydrogens is 195 g/mol.